The molecule has 0 saturated heterocycles. The number of hydrogen-bond donors (Lipinski definition) is 1. The summed E-state index contributed by atoms with van der Waals surface area (Å²) in [7, 11) is 0. The number of carbonyl (C=O) groups is 1. The maximum Gasteiger partial charge on any atom is 0.271 e. The molecule has 3 aromatic rings. The number of nitrogens with zero attached hydrogens (tertiary/aromatic N) is 4. The Hall–Kier alpha value is -2.91. The number of nitrogens with one attached hydrogen (secondary N) is 1. The highest BCUT2D eigenvalue weighted by Gasteiger charge is 2.16. The summed E-state index contributed by atoms with van der Waals surface area (Å²) in [5.41, 5.74) is 1.13. The molecular formula is C18H16ClN5O3S. The Labute approximate surface area is 170 Å². The van der Waals surface area contributed by atoms with E-state index in [0.29, 0.717) is 17.4 Å². The fourth-order valence-corrected chi connectivity index (χ4v) is 3.54. The van der Waals surface area contributed by atoms with Crippen LogP contribution in [0.15, 0.2) is 53.7 Å². The van der Waals surface area contributed by atoms with Crippen LogP contribution < -0.4 is 5.32 Å². The van der Waals surface area contributed by atoms with Crippen LogP contribution in [-0.4, -0.2) is 31.3 Å². The number of anilines is 1. The number of halogens is 1. The SMILES string of the molecule is CCn1c(SCC(=O)Nc2ccc([N+](=O)[O-])cc2Cl)nnc1-c1ccccc1. The van der Waals surface area contributed by atoms with E-state index in [9.17, 15) is 14.9 Å². The normalized spacial score (nSPS) is 10.6. The smallest absolute Gasteiger partial charge is 0.271 e. The van der Waals surface area contributed by atoms with Crippen LogP contribution >= 0.6 is 23.4 Å². The van der Waals surface area contributed by atoms with Crippen LogP contribution in [0, 0.1) is 10.1 Å². The number of non-ortho nitro benzene ring substituents is 1. The Morgan fingerprint density at radius 3 is 2.64 bits per heavy atom. The number of aromatic nitrogens is 3. The monoisotopic (exact) mass is 417 g/mol. The van der Waals surface area contributed by atoms with E-state index in [1.54, 1.807) is 0 Å². The molecule has 144 valence electrons. The van der Waals surface area contributed by atoms with E-state index in [4.69, 9.17) is 11.6 Å². The van der Waals surface area contributed by atoms with Gasteiger partial charge in [-0.15, -0.1) is 10.2 Å². The third kappa shape index (κ3) is 4.49. The molecule has 0 radical (unpaired) electrons. The van der Waals surface area contributed by atoms with Crippen LogP contribution in [0.5, 0.6) is 0 Å². The average molecular weight is 418 g/mol. The van der Waals surface area contributed by atoms with Gasteiger partial charge < -0.3 is 9.88 Å². The second-order valence-corrected chi connectivity index (χ2v) is 7.02. The number of carbonyl (C=O) groups excluding carboxylic acids is 1. The minimum absolute atomic E-state index is 0.0975. The summed E-state index contributed by atoms with van der Waals surface area (Å²) in [6, 6.07) is 13.6. The van der Waals surface area contributed by atoms with Crippen molar-refractivity contribution in [3.8, 4) is 11.4 Å². The molecule has 1 N–H and O–H groups in total. The molecule has 0 saturated carbocycles. The summed E-state index contributed by atoms with van der Waals surface area (Å²) in [5.74, 6) is 0.539. The van der Waals surface area contributed by atoms with Gasteiger partial charge in [0.2, 0.25) is 5.91 Å². The molecule has 0 unspecified atom stereocenters. The minimum atomic E-state index is -0.546. The Morgan fingerprint density at radius 2 is 2.00 bits per heavy atom. The largest absolute Gasteiger partial charge is 0.324 e. The lowest BCUT2D eigenvalue weighted by Gasteiger charge is -2.08. The van der Waals surface area contributed by atoms with Crippen LogP contribution in [0.25, 0.3) is 11.4 Å². The summed E-state index contributed by atoms with van der Waals surface area (Å²) < 4.78 is 1.94. The van der Waals surface area contributed by atoms with Crippen molar-refractivity contribution in [2.45, 2.75) is 18.6 Å². The maximum absolute atomic E-state index is 12.3. The highest BCUT2D eigenvalue weighted by atomic mass is 35.5. The molecule has 0 fully saturated rings. The molecule has 2 aromatic carbocycles. The van der Waals surface area contributed by atoms with Gasteiger partial charge in [-0.25, -0.2) is 0 Å². The topological polar surface area (TPSA) is 103 Å². The Morgan fingerprint density at radius 1 is 1.25 bits per heavy atom. The van der Waals surface area contributed by atoms with Crippen molar-refractivity contribution >= 4 is 40.6 Å². The first-order chi connectivity index (χ1) is 13.5. The van der Waals surface area contributed by atoms with Crippen molar-refractivity contribution in [2.75, 3.05) is 11.1 Å². The quantitative estimate of drug-likeness (QED) is 0.350. The number of rotatable bonds is 7. The van der Waals surface area contributed by atoms with Crippen molar-refractivity contribution in [1.82, 2.24) is 14.8 Å². The van der Waals surface area contributed by atoms with Gasteiger partial charge in [-0.1, -0.05) is 53.7 Å². The second kappa shape index (κ2) is 8.85. The van der Waals surface area contributed by atoms with Crippen molar-refractivity contribution in [3.05, 3.63) is 63.7 Å². The molecule has 1 aromatic heterocycles. The molecule has 3 rings (SSSR count). The zero-order chi connectivity index (χ0) is 20.1. The molecule has 1 heterocycles. The van der Waals surface area contributed by atoms with E-state index in [-0.39, 0.29) is 22.4 Å². The molecule has 0 atom stereocenters. The van der Waals surface area contributed by atoms with Crippen molar-refractivity contribution in [2.24, 2.45) is 0 Å². The Kier molecular flexibility index (Phi) is 6.27. The van der Waals surface area contributed by atoms with Gasteiger partial charge in [-0.3, -0.25) is 14.9 Å². The highest BCUT2D eigenvalue weighted by Crippen LogP contribution is 2.27. The van der Waals surface area contributed by atoms with E-state index in [1.165, 1.54) is 30.0 Å². The van der Waals surface area contributed by atoms with Crippen LogP contribution in [0.2, 0.25) is 5.02 Å². The van der Waals surface area contributed by atoms with Gasteiger partial charge in [0.25, 0.3) is 5.69 Å². The number of nitro groups is 1. The lowest BCUT2D eigenvalue weighted by atomic mass is 10.2. The molecular weight excluding hydrogens is 402 g/mol. The molecule has 0 spiro atoms. The summed E-state index contributed by atoms with van der Waals surface area (Å²) in [4.78, 5) is 22.5. The molecule has 10 heteroatoms. The first-order valence-corrected chi connectivity index (χ1v) is 9.71. The fourth-order valence-electron chi connectivity index (χ4n) is 2.52. The van der Waals surface area contributed by atoms with Crippen LogP contribution in [-0.2, 0) is 11.3 Å². The molecule has 1 amide bonds. The molecule has 8 nitrogen and oxygen atoms in total. The van der Waals surface area contributed by atoms with Crippen molar-refractivity contribution in [3.63, 3.8) is 0 Å². The van der Waals surface area contributed by atoms with Gasteiger partial charge >= 0.3 is 0 Å². The van der Waals surface area contributed by atoms with E-state index in [0.717, 1.165) is 11.4 Å². The number of thioether (sulfide) groups is 1. The predicted molar refractivity (Wildman–Crippen MR) is 109 cm³/mol. The van der Waals surface area contributed by atoms with E-state index in [1.807, 2.05) is 41.8 Å². The summed E-state index contributed by atoms with van der Waals surface area (Å²) in [5, 5.41) is 22.6. The van der Waals surface area contributed by atoms with E-state index in [2.05, 4.69) is 15.5 Å². The summed E-state index contributed by atoms with van der Waals surface area (Å²) >= 11 is 7.26. The molecule has 28 heavy (non-hydrogen) atoms. The van der Waals surface area contributed by atoms with E-state index < -0.39 is 4.92 Å². The van der Waals surface area contributed by atoms with Gasteiger partial charge in [-0.2, -0.15) is 0 Å². The van der Waals surface area contributed by atoms with Gasteiger partial charge in [0.05, 0.1) is 21.4 Å². The highest BCUT2D eigenvalue weighted by molar-refractivity contribution is 7.99. The lowest BCUT2D eigenvalue weighted by molar-refractivity contribution is -0.384. The number of amides is 1. The van der Waals surface area contributed by atoms with Gasteiger partial charge in [-0.05, 0) is 13.0 Å². The van der Waals surface area contributed by atoms with Gasteiger partial charge in [0, 0.05) is 24.2 Å². The number of hydrogen-bond acceptors (Lipinski definition) is 6. The predicted octanol–water partition coefficient (Wildman–Crippen LogP) is 4.26. The third-order valence-corrected chi connectivity index (χ3v) is 5.11. The van der Waals surface area contributed by atoms with Gasteiger partial charge in [0.15, 0.2) is 11.0 Å². The minimum Gasteiger partial charge on any atom is -0.324 e. The first-order valence-electron chi connectivity index (χ1n) is 8.34. The van der Waals surface area contributed by atoms with Crippen LogP contribution in [0.1, 0.15) is 6.92 Å². The van der Waals surface area contributed by atoms with Crippen LogP contribution in [0.3, 0.4) is 0 Å². The van der Waals surface area contributed by atoms with Crippen LogP contribution in [0.4, 0.5) is 11.4 Å². The zero-order valence-electron chi connectivity index (χ0n) is 14.8. The first kappa shape index (κ1) is 19.8. The average Bonchev–Trinajstić information content (AvgIpc) is 3.11. The van der Waals surface area contributed by atoms with Crippen molar-refractivity contribution in [1.29, 1.82) is 0 Å². The fraction of sp³-hybridized carbons (Fsp3) is 0.167. The summed E-state index contributed by atoms with van der Waals surface area (Å²) in [6.07, 6.45) is 0. The molecule has 0 aliphatic carbocycles. The standard InChI is InChI=1S/C18H16ClN5O3S/c1-2-23-17(12-6-4-3-5-7-12)21-22-18(23)28-11-16(25)20-15-9-8-13(24(26)27)10-14(15)19/h3-10H,2,11H2,1H3,(H,20,25). The Bertz CT molecular complexity index is 1010. The lowest BCUT2D eigenvalue weighted by Crippen LogP contribution is -2.15. The number of nitro benzene ring substituents is 1. The zero-order valence-corrected chi connectivity index (χ0v) is 16.4. The second-order valence-electron chi connectivity index (χ2n) is 5.67. The molecule has 0 bridgehead atoms. The molecule has 0 aliphatic rings. The third-order valence-electron chi connectivity index (χ3n) is 3.83. The number of benzene rings is 2. The molecule has 0 aliphatic heterocycles. The Balaban J connectivity index is 1.67. The van der Waals surface area contributed by atoms with E-state index >= 15 is 0 Å². The van der Waals surface area contributed by atoms with Crippen molar-refractivity contribution < 1.29 is 9.72 Å². The maximum atomic E-state index is 12.3. The summed E-state index contributed by atoms with van der Waals surface area (Å²) in [6.45, 7) is 2.64. The van der Waals surface area contributed by atoms with Gasteiger partial charge in [0.1, 0.15) is 0 Å².